The van der Waals surface area contributed by atoms with Crippen LogP contribution in [0.15, 0.2) is 270 Å². The second kappa shape index (κ2) is 22.0. The minimum atomic E-state index is 0.247. The largest absolute Gasteiger partial charge is 0.455 e. The first-order chi connectivity index (χ1) is 50.0. The van der Waals surface area contributed by atoms with E-state index in [9.17, 15) is 0 Å². The summed E-state index contributed by atoms with van der Waals surface area (Å²) < 4.78 is 22.7. The molecule has 0 unspecified atom stereocenters. The summed E-state index contributed by atoms with van der Waals surface area (Å²) in [6.07, 6.45) is 9.40. The van der Waals surface area contributed by atoms with Gasteiger partial charge < -0.3 is 8.83 Å². The molecule has 0 bridgehead atoms. The minimum Gasteiger partial charge on any atom is -0.455 e. The molecule has 23 aromatic rings. The lowest BCUT2D eigenvalue weighted by molar-refractivity contribution is 0.669. The zero-order valence-corrected chi connectivity index (χ0v) is 57.1. The maximum atomic E-state index is 6.62. The SMILES string of the molecule is Clc1nc(-c2cccc3c2oc2ccccc23)c2c(n1)sc1ccccc12.[C+]1=Cc2[nH]c3c4sc5ccccc5c4c4ccccc4c3c2C=C1.c1ccc2c(c1)oc1c(-c3nc(-n4c5ccccc5c5c6ccccc6c6c7ccccc7sc6c54)nc4sc5ccccc5c34)cccc12. The smallest absolute Gasteiger partial charge is 0.236 e. The van der Waals surface area contributed by atoms with Gasteiger partial charge in [0.15, 0.2) is 5.69 Å². The number of benzene rings is 13. The van der Waals surface area contributed by atoms with Gasteiger partial charge in [0.25, 0.3) is 0 Å². The van der Waals surface area contributed by atoms with E-state index in [4.69, 9.17) is 30.4 Å². The molecule has 0 saturated heterocycles. The fraction of sp³-hybridized carbons (Fsp3) is 0. The normalized spacial score (nSPS) is 12.4. The summed E-state index contributed by atoms with van der Waals surface area (Å²) in [5.41, 5.74) is 12.9. The highest BCUT2D eigenvalue weighted by molar-refractivity contribution is 7.27. The molecule has 1 aliphatic rings. The van der Waals surface area contributed by atoms with E-state index in [2.05, 4.69) is 232 Å². The van der Waals surface area contributed by atoms with Gasteiger partial charge in [0, 0.05) is 117 Å². The van der Waals surface area contributed by atoms with E-state index in [1.165, 1.54) is 98.5 Å². The van der Waals surface area contributed by atoms with Crippen LogP contribution < -0.4 is 0 Å². The van der Waals surface area contributed by atoms with Crippen LogP contribution in [-0.4, -0.2) is 29.5 Å². The van der Waals surface area contributed by atoms with Crippen LogP contribution in [0.1, 0.15) is 11.3 Å². The molecule has 470 valence electrons. The Hall–Kier alpha value is -12.0. The van der Waals surface area contributed by atoms with E-state index in [1.54, 1.807) is 22.7 Å². The summed E-state index contributed by atoms with van der Waals surface area (Å²) in [5, 5.41) is 23.2. The van der Waals surface area contributed by atoms with Crippen molar-refractivity contribution in [2.45, 2.75) is 0 Å². The molecule has 0 radical (unpaired) electrons. The van der Waals surface area contributed by atoms with Crippen LogP contribution in [0.5, 0.6) is 0 Å². The average molecular weight is 1380 g/mol. The molecule has 0 spiro atoms. The number of nitrogens with one attached hydrogen (secondary N) is 1. The minimum absolute atomic E-state index is 0.247. The Morgan fingerprint density at radius 3 is 1.39 bits per heavy atom. The van der Waals surface area contributed by atoms with Gasteiger partial charge in [-0.25, -0.2) is 19.9 Å². The van der Waals surface area contributed by atoms with Crippen molar-refractivity contribution in [1.82, 2.24) is 29.5 Å². The number of furan rings is 2. The first-order valence-corrected chi connectivity index (χ1v) is 36.9. The fourth-order valence-corrected chi connectivity index (χ4v) is 20.7. The average Bonchev–Trinajstić information content (AvgIpc) is 1.55. The van der Waals surface area contributed by atoms with Gasteiger partial charge in [0.2, 0.25) is 11.2 Å². The maximum Gasteiger partial charge on any atom is 0.236 e. The van der Waals surface area contributed by atoms with Crippen molar-refractivity contribution in [3.8, 4) is 28.5 Å². The van der Waals surface area contributed by atoms with Crippen LogP contribution in [-0.2, 0) is 0 Å². The van der Waals surface area contributed by atoms with Gasteiger partial charge in [-0.3, -0.25) is 9.55 Å². The summed E-state index contributed by atoms with van der Waals surface area (Å²) in [6, 6.07) is 89.6. The van der Waals surface area contributed by atoms with Gasteiger partial charge in [-0.1, -0.05) is 200 Å². The number of fused-ring (bicyclic) bond motifs is 32. The Labute approximate surface area is 593 Å². The number of allylic oxidation sites excluding steroid dienone is 2. The molecule has 0 amide bonds. The fourth-order valence-electron chi connectivity index (χ4n) is 15.8. The number of para-hydroxylation sites is 5. The molecule has 24 rings (SSSR count). The van der Waals surface area contributed by atoms with Gasteiger partial charge in [-0.2, -0.15) is 0 Å². The van der Waals surface area contributed by atoms with Crippen LogP contribution in [0.3, 0.4) is 0 Å². The molecule has 1 N–H and O–H groups in total. The highest BCUT2D eigenvalue weighted by atomic mass is 35.5. The number of hydrogen-bond acceptors (Lipinski definition) is 10. The lowest BCUT2D eigenvalue weighted by atomic mass is 9.97. The Kier molecular flexibility index (Phi) is 12.4. The van der Waals surface area contributed by atoms with Crippen molar-refractivity contribution in [3.05, 3.63) is 283 Å². The van der Waals surface area contributed by atoms with Gasteiger partial charge in [0.1, 0.15) is 49.7 Å². The molecular formula is C88H46ClN6O2S4+. The van der Waals surface area contributed by atoms with Crippen LogP contribution in [0.2, 0.25) is 5.28 Å². The summed E-state index contributed by atoms with van der Waals surface area (Å²) in [4.78, 5) is 25.6. The Morgan fingerprint density at radius 1 is 0.366 bits per heavy atom. The van der Waals surface area contributed by atoms with Crippen LogP contribution in [0, 0.1) is 6.08 Å². The number of nitrogens with zero attached hydrogens (tertiary/aromatic N) is 5. The molecule has 0 atom stereocenters. The first-order valence-electron chi connectivity index (χ1n) is 33.3. The van der Waals surface area contributed by atoms with Gasteiger partial charge in [-0.05, 0) is 87.7 Å². The van der Waals surface area contributed by atoms with Gasteiger partial charge >= 0.3 is 0 Å². The first kappa shape index (κ1) is 57.0. The maximum absolute atomic E-state index is 6.62. The Bertz CT molecular complexity index is 7580. The molecular weight excluding hydrogens is 1340 g/mol. The molecule has 0 saturated carbocycles. The van der Waals surface area contributed by atoms with E-state index in [0.717, 1.165) is 114 Å². The van der Waals surface area contributed by atoms with E-state index in [-0.39, 0.29) is 5.28 Å². The molecule has 101 heavy (non-hydrogen) atoms. The van der Waals surface area contributed by atoms with Crippen molar-refractivity contribution in [2.24, 2.45) is 0 Å². The second-order valence-corrected chi connectivity index (χ2v) is 30.0. The summed E-state index contributed by atoms with van der Waals surface area (Å²) >= 11 is 13.4. The molecule has 13 heteroatoms. The number of thiophene rings is 4. The predicted octanol–water partition coefficient (Wildman–Crippen LogP) is 26.6. The zero-order valence-electron chi connectivity index (χ0n) is 53.0. The highest BCUT2D eigenvalue weighted by Gasteiger charge is 2.28. The van der Waals surface area contributed by atoms with Crippen molar-refractivity contribution >= 4 is 248 Å². The molecule has 10 heterocycles. The molecule has 10 aromatic heterocycles. The highest BCUT2D eigenvalue weighted by Crippen LogP contribution is 2.51. The zero-order chi connectivity index (χ0) is 66.1. The van der Waals surface area contributed by atoms with E-state index in [0.29, 0.717) is 5.95 Å². The quantitative estimate of drug-likeness (QED) is 0.140. The third-order valence-corrected chi connectivity index (χ3v) is 24.7. The van der Waals surface area contributed by atoms with Gasteiger partial charge in [-0.15, -0.1) is 45.3 Å². The van der Waals surface area contributed by atoms with Crippen molar-refractivity contribution in [3.63, 3.8) is 0 Å². The van der Waals surface area contributed by atoms with Crippen molar-refractivity contribution < 1.29 is 8.83 Å². The molecule has 13 aromatic carbocycles. The number of H-pyrrole nitrogens is 1. The molecule has 1 aliphatic carbocycles. The number of rotatable bonds is 3. The third-order valence-electron chi connectivity index (χ3n) is 20.0. The summed E-state index contributed by atoms with van der Waals surface area (Å²) in [7, 11) is 0. The number of aromatic amines is 1. The van der Waals surface area contributed by atoms with Crippen LogP contribution >= 0.6 is 56.9 Å². The Morgan fingerprint density at radius 2 is 0.802 bits per heavy atom. The molecule has 0 aliphatic heterocycles. The lowest BCUT2D eigenvalue weighted by Crippen LogP contribution is -2.03. The standard InChI is InChI=1S/C44H23N3OS2.C22H11ClN2OS.C22H12NS/c1-2-14-26-25(13-1)36-28-15-3-7-20-32(28)47(40(36)42-37(26)29-16-5-9-22-34(29)49-42)44-45-39(38-30-17-6-10-23-35(30)50-43(38)46-44)31-19-11-18-27-24-12-4-8-21-33(24)48-41(27)31;23-22-24-19(18-14-7-2-4-11-17(14)27-21(18)25-22)15-9-5-8-13-12-6-1-3-10-16(12)26-20(13)15;1-2-8-14-13(7-1)19-15-9-3-5-11-17(15)23-21(19)22-20(14)16-10-4-6-12-18(16)24-22/h1-23H;1-11H;1-4,6-12,23H/q;;+1. The van der Waals surface area contributed by atoms with Gasteiger partial charge in [0.05, 0.1) is 43.4 Å². The monoisotopic (exact) mass is 1380 g/mol. The van der Waals surface area contributed by atoms with Crippen LogP contribution in [0.25, 0.3) is 220 Å². The summed E-state index contributed by atoms with van der Waals surface area (Å²) in [6.45, 7) is 0. The van der Waals surface area contributed by atoms with Crippen molar-refractivity contribution in [1.29, 1.82) is 0 Å². The third kappa shape index (κ3) is 8.43. The topological polar surface area (TPSA) is 98.6 Å². The predicted molar refractivity (Wildman–Crippen MR) is 430 cm³/mol. The lowest BCUT2D eigenvalue weighted by Gasteiger charge is -2.12. The number of halogens is 1. The Balaban J connectivity index is 0.000000106. The van der Waals surface area contributed by atoms with E-state index < -0.39 is 0 Å². The number of aromatic nitrogens is 6. The number of hydrogen-bond donors (Lipinski definition) is 1. The van der Waals surface area contributed by atoms with E-state index >= 15 is 0 Å². The molecule has 0 fully saturated rings. The van der Waals surface area contributed by atoms with E-state index in [1.807, 2.05) is 89.4 Å². The van der Waals surface area contributed by atoms with Crippen molar-refractivity contribution in [2.75, 3.05) is 0 Å². The second-order valence-electron chi connectivity index (χ2n) is 25.4. The summed E-state index contributed by atoms with van der Waals surface area (Å²) in [5.74, 6) is 0.660. The molecule has 8 nitrogen and oxygen atoms in total. The van der Waals surface area contributed by atoms with Crippen LogP contribution in [0.4, 0.5) is 0 Å².